The van der Waals surface area contributed by atoms with Crippen LogP contribution in [0.1, 0.15) is 32.6 Å². The minimum atomic E-state index is -0.974. The fourth-order valence-corrected chi connectivity index (χ4v) is 4.79. The molecule has 0 bridgehead atoms. The molecule has 34 heavy (non-hydrogen) atoms. The third-order valence-electron chi connectivity index (χ3n) is 5.18. The van der Waals surface area contributed by atoms with Crippen molar-refractivity contribution in [2.75, 3.05) is 0 Å². The number of nitrogens with zero attached hydrogens (tertiary/aromatic N) is 1. The fourth-order valence-electron chi connectivity index (χ4n) is 3.29. The number of ether oxygens (including phenoxy) is 1. The first kappa shape index (κ1) is 24.0. The minimum Gasteiger partial charge on any atom is -0.487 e. The molecule has 0 saturated carbocycles. The number of thiocarbonyl (C=S) groups is 1. The number of hydrogen-bond acceptors (Lipinski definition) is 5. The van der Waals surface area contributed by atoms with Crippen molar-refractivity contribution in [3.63, 3.8) is 0 Å². The van der Waals surface area contributed by atoms with Gasteiger partial charge in [-0.15, -0.1) is 0 Å². The lowest BCUT2D eigenvalue weighted by Gasteiger charge is -2.14. The zero-order valence-electron chi connectivity index (χ0n) is 18.2. The zero-order chi connectivity index (χ0) is 24.2. The van der Waals surface area contributed by atoms with Crippen LogP contribution in [0, 0.1) is 6.92 Å². The molecule has 3 aromatic rings. The Kier molecular flexibility index (Phi) is 7.36. The molecule has 0 aromatic heterocycles. The van der Waals surface area contributed by atoms with Crippen molar-refractivity contribution in [1.82, 2.24) is 4.90 Å². The van der Waals surface area contributed by atoms with Gasteiger partial charge in [-0.2, -0.15) is 0 Å². The molecule has 0 spiro atoms. The summed E-state index contributed by atoms with van der Waals surface area (Å²) >= 11 is 13.1. The van der Waals surface area contributed by atoms with E-state index in [-0.39, 0.29) is 18.1 Å². The summed E-state index contributed by atoms with van der Waals surface area (Å²) in [6.07, 6.45) is 1.77. The molecule has 1 heterocycles. The molecule has 0 radical (unpaired) electrons. The number of hydrogen-bond donors (Lipinski definition) is 1. The van der Waals surface area contributed by atoms with Crippen LogP contribution in [0.2, 0.25) is 5.02 Å². The molecular weight excluding hydrogens is 490 g/mol. The molecule has 172 valence electrons. The number of amides is 1. The van der Waals surface area contributed by atoms with Crippen molar-refractivity contribution in [1.29, 1.82) is 0 Å². The first-order valence-electron chi connectivity index (χ1n) is 10.4. The Bertz CT molecular complexity index is 1290. The molecule has 5 nitrogen and oxygen atoms in total. The number of carbonyl (C=O) groups is 2. The second-order valence-corrected chi connectivity index (χ2v) is 9.82. The highest BCUT2D eigenvalue weighted by molar-refractivity contribution is 8.26. The highest BCUT2D eigenvalue weighted by Crippen LogP contribution is 2.35. The van der Waals surface area contributed by atoms with Crippen molar-refractivity contribution in [3.8, 4) is 5.75 Å². The van der Waals surface area contributed by atoms with Gasteiger partial charge in [0.1, 0.15) is 16.7 Å². The van der Waals surface area contributed by atoms with Gasteiger partial charge in [-0.05, 0) is 54.0 Å². The standard InChI is InChI=1S/C26H20ClNO4S2/c1-16-2-4-17(5-3-16)14-28-24(29)23(34-26(28)33)13-19-8-11-22(21(27)12-19)32-15-18-6-9-20(10-7-18)25(30)31/h2-13H,14-15H2,1H3,(H,30,31). The smallest absolute Gasteiger partial charge is 0.335 e. The van der Waals surface area contributed by atoms with Gasteiger partial charge in [0.2, 0.25) is 0 Å². The van der Waals surface area contributed by atoms with Crippen LogP contribution in [0.3, 0.4) is 0 Å². The van der Waals surface area contributed by atoms with Crippen molar-refractivity contribution in [2.24, 2.45) is 0 Å². The number of carboxylic acids is 1. The van der Waals surface area contributed by atoms with Crippen molar-refractivity contribution >= 4 is 57.9 Å². The van der Waals surface area contributed by atoms with Crippen LogP contribution in [-0.2, 0) is 17.9 Å². The molecule has 0 aliphatic carbocycles. The lowest BCUT2D eigenvalue weighted by Crippen LogP contribution is -2.27. The number of benzene rings is 3. The summed E-state index contributed by atoms with van der Waals surface area (Å²) in [6, 6.07) is 19.8. The first-order chi connectivity index (χ1) is 16.3. The van der Waals surface area contributed by atoms with Crippen LogP contribution < -0.4 is 4.74 Å². The Morgan fingerprint density at radius 3 is 2.41 bits per heavy atom. The largest absolute Gasteiger partial charge is 0.487 e. The van der Waals surface area contributed by atoms with Gasteiger partial charge in [0, 0.05) is 0 Å². The van der Waals surface area contributed by atoms with Crippen molar-refractivity contribution < 1.29 is 19.4 Å². The maximum Gasteiger partial charge on any atom is 0.335 e. The average molecular weight is 510 g/mol. The molecule has 0 unspecified atom stereocenters. The quantitative estimate of drug-likeness (QED) is 0.296. The minimum absolute atomic E-state index is 0.128. The third-order valence-corrected chi connectivity index (χ3v) is 6.86. The summed E-state index contributed by atoms with van der Waals surface area (Å²) in [5.41, 5.74) is 3.98. The molecule has 0 atom stereocenters. The second-order valence-electron chi connectivity index (χ2n) is 7.73. The van der Waals surface area contributed by atoms with Gasteiger partial charge in [-0.25, -0.2) is 4.79 Å². The summed E-state index contributed by atoms with van der Waals surface area (Å²) < 4.78 is 6.30. The SMILES string of the molecule is Cc1ccc(CN2C(=O)C(=Cc3ccc(OCc4ccc(C(=O)O)cc4)c(Cl)c3)SC2=S)cc1. The molecule has 8 heteroatoms. The molecule has 3 aromatic carbocycles. The molecular formula is C26H20ClNO4S2. The van der Waals surface area contributed by atoms with Crippen LogP contribution in [0.15, 0.2) is 71.6 Å². The van der Waals surface area contributed by atoms with Gasteiger partial charge >= 0.3 is 5.97 Å². The van der Waals surface area contributed by atoms with Crippen LogP contribution in [-0.4, -0.2) is 26.2 Å². The summed E-state index contributed by atoms with van der Waals surface area (Å²) in [4.78, 5) is 26.0. The number of thioether (sulfide) groups is 1. The average Bonchev–Trinajstić information content (AvgIpc) is 3.07. The molecule has 1 saturated heterocycles. The molecule has 1 aliphatic heterocycles. The Morgan fingerprint density at radius 1 is 1.09 bits per heavy atom. The van der Waals surface area contributed by atoms with Crippen LogP contribution >= 0.6 is 35.6 Å². The first-order valence-corrected chi connectivity index (χ1v) is 12.0. The van der Waals surface area contributed by atoms with E-state index in [1.165, 1.54) is 23.9 Å². The second kappa shape index (κ2) is 10.4. The lowest BCUT2D eigenvalue weighted by atomic mass is 10.1. The summed E-state index contributed by atoms with van der Waals surface area (Å²) in [5.74, 6) is -0.608. The number of rotatable bonds is 7. The normalized spacial score (nSPS) is 14.6. The van der Waals surface area contributed by atoms with Crippen molar-refractivity contribution in [3.05, 3.63) is 104 Å². The van der Waals surface area contributed by atoms with Crippen LogP contribution in [0.4, 0.5) is 0 Å². The van der Waals surface area contributed by atoms with E-state index in [0.717, 1.165) is 22.3 Å². The van der Waals surface area contributed by atoms with Gasteiger partial charge in [0.25, 0.3) is 5.91 Å². The van der Waals surface area contributed by atoms with Gasteiger partial charge in [-0.3, -0.25) is 9.69 Å². The third kappa shape index (κ3) is 5.67. The molecule has 1 N–H and O–H groups in total. The Morgan fingerprint density at radius 2 is 1.76 bits per heavy atom. The Hall–Kier alpha value is -3.13. The highest BCUT2D eigenvalue weighted by atomic mass is 35.5. The van der Waals surface area contributed by atoms with Crippen LogP contribution in [0.25, 0.3) is 6.08 Å². The summed E-state index contributed by atoms with van der Waals surface area (Å²) in [5, 5.41) is 9.39. The van der Waals surface area contributed by atoms with E-state index in [1.807, 2.05) is 37.3 Å². The van der Waals surface area contributed by atoms with E-state index in [2.05, 4.69) is 0 Å². The number of carbonyl (C=O) groups excluding carboxylic acids is 1. The summed E-state index contributed by atoms with van der Waals surface area (Å²) in [7, 11) is 0. The Labute approximate surface area is 212 Å². The van der Waals surface area contributed by atoms with E-state index in [0.29, 0.717) is 26.5 Å². The number of aryl methyl sites for hydroxylation is 1. The van der Waals surface area contributed by atoms with Gasteiger partial charge in [0.15, 0.2) is 0 Å². The predicted octanol–water partition coefficient (Wildman–Crippen LogP) is 6.33. The van der Waals surface area contributed by atoms with E-state index < -0.39 is 5.97 Å². The van der Waals surface area contributed by atoms with Gasteiger partial charge < -0.3 is 9.84 Å². The maximum atomic E-state index is 12.9. The predicted molar refractivity (Wildman–Crippen MR) is 139 cm³/mol. The molecule has 4 rings (SSSR count). The van der Waals surface area contributed by atoms with Gasteiger partial charge in [-0.1, -0.05) is 83.6 Å². The fraction of sp³-hybridized carbons (Fsp3) is 0.115. The molecule has 1 aliphatic rings. The van der Waals surface area contributed by atoms with E-state index >= 15 is 0 Å². The molecule has 1 amide bonds. The van der Waals surface area contributed by atoms with Gasteiger partial charge in [0.05, 0.1) is 22.0 Å². The van der Waals surface area contributed by atoms with E-state index in [9.17, 15) is 9.59 Å². The van der Waals surface area contributed by atoms with Crippen LogP contribution in [0.5, 0.6) is 5.75 Å². The summed E-state index contributed by atoms with van der Waals surface area (Å²) in [6.45, 7) is 2.70. The topological polar surface area (TPSA) is 66.8 Å². The number of carboxylic acid groups (broad SMARTS) is 1. The van der Waals surface area contributed by atoms with Crippen molar-refractivity contribution in [2.45, 2.75) is 20.1 Å². The molecule has 1 fully saturated rings. The highest BCUT2D eigenvalue weighted by Gasteiger charge is 2.32. The number of aromatic carboxylic acids is 1. The number of halogens is 1. The van der Waals surface area contributed by atoms with E-state index in [4.69, 9.17) is 33.7 Å². The zero-order valence-corrected chi connectivity index (χ0v) is 20.5. The lowest BCUT2D eigenvalue weighted by molar-refractivity contribution is -0.122. The maximum absolute atomic E-state index is 12.9. The monoisotopic (exact) mass is 509 g/mol. The Balaban J connectivity index is 1.42. The van der Waals surface area contributed by atoms with E-state index in [1.54, 1.807) is 35.2 Å².